The van der Waals surface area contributed by atoms with Gasteiger partial charge in [-0.05, 0) is 41.8 Å². The molecule has 4 heteroatoms. The van der Waals surface area contributed by atoms with Crippen LogP contribution in [0.4, 0.5) is 5.82 Å². The highest BCUT2D eigenvalue weighted by molar-refractivity contribution is 5.85. The second-order valence-electron chi connectivity index (χ2n) is 8.28. The SMILES string of the molecule is Cc1ccccc1CN1CCN(c2cc(-c3ccccc3)c3ccc(=O)ccn23)CC1. The van der Waals surface area contributed by atoms with Crippen LogP contribution in [0.5, 0.6) is 0 Å². The van der Waals surface area contributed by atoms with E-state index in [-0.39, 0.29) is 5.43 Å². The Morgan fingerprint density at radius 3 is 2.32 bits per heavy atom. The summed E-state index contributed by atoms with van der Waals surface area (Å²) in [6.45, 7) is 7.17. The van der Waals surface area contributed by atoms with Gasteiger partial charge >= 0.3 is 0 Å². The number of nitrogens with zero attached hydrogens (tertiary/aromatic N) is 3. The summed E-state index contributed by atoms with van der Waals surface area (Å²) >= 11 is 0. The summed E-state index contributed by atoms with van der Waals surface area (Å²) in [4.78, 5) is 17.0. The van der Waals surface area contributed by atoms with E-state index in [0.717, 1.165) is 49.6 Å². The third-order valence-electron chi connectivity index (χ3n) is 6.29. The molecule has 0 N–H and O–H groups in total. The van der Waals surface area contributed by atoms with Crippen molar-refractivity contribution in [3.63, 3.8) is 0 Å². The summed E-state index contributed by atoms with van der Waals surface area (Å²) in [5.74, 6) is 1.15. The molecule has 1 aliphatic heterocycles. The summed E-state index contributed by atoms with van der Waals surface area (Å²) < 4.78 is 2.17. The number of anilines is 1. The number of fused-ring (bicyclic) bond motifs is 1. The molecule has 0 aliphatic carbocycles. The first-order valence-corrected chi connectivity index (χ1v) is 10.9. The summed E-state index contributed by atoms with van der Waals surface area (Å²) in [7, 11) is 0. The van der Waals surface area contributed by atoms with Crippen LogP contribution in [0.1, 0.15) is 11.1 Å². The van der Waals surface area contributed by atoms with Crippen LogP contribution in [-0.4, -0.2) is 35.5 Å². The van der Waals surface area contributed by atoms with Crippen molar-refractivity contribution in [1.82, 2.24) is 9.30 Å². The van der Waals surface area contributed by atoms with Gasteiger partial charge in [-0.1, -0.05) is 54.6 Å². The lowest BCUT2D eigenvalue weighted by molar-refractivity contribution is 0.249. The summed E-state index contributed by atoms with van der Waals surface area (Å²) in [6, 6.07) is 26.6. The number of benzene rings is 2. The third kappa shape index (κ3) is 3.99. The van der Waals surface area contributed by atoms with Crippen molar-refractivity contribution in [2.75, 3.05) is 31.1 Å². The van der Waals surface area contributed by atoms with Crippen molar-refractivity contribution in [1.29, 1.82) is 0 Å². The van der Waals surface area contributed by atoms with Crippen molar-refractivity contribution in [3.8, 4) is 11.1 Å². The smallest absolute Gasteiger partial charge is 0.180 e. The molecule has 1 saturated heterocycles. The van der Waals surface area contributed by atoms with Crippen LogP contribution in [0.3, 0.4) is 0 Å². The van der Waals surface area contributed by atoms with Gasteiger partial charge in [0.1, 0.15) is 5.82 Å². The van der Waals surface area contributed by atoms with Crippen LogP contribution in [0, 0.1) is 6.92 Å². The highest BCUT2D eigenvalue weighted by atomic mass is 16.1. The molecule has 0 amide bonds. The van der Waals surface area contributed by atoms with Crippen molar-refractivity contribution in [3.05, 3.63) is 106 Å². The molecule has 4 nitrogen and oxygen atoms in total. The number of rotatable bonds is 4. The average Bonchev–Trinajstić information content (AvgIpc) is 3.06. The first-order chi connectivity index (χ1) is 15.2. The Kier molecular flexibility index (Phi) is 5.31. The first kappa shape index (κ1) is 19.6. The van der Waals surface area contributed by atoms with E-state index in [1.54, 1.807) is 12.1 Å². The summed E-state index contributed by atoms with van der Waals surface area (Å²) in [5, 5.41) is 0. The summed E-state index contributed by atoms with van der Waals surface area (Å²) in [5.41, 5.74) is 6.18. The molecule has 0 spiro atoms. The molecule has 0 radical (unpaired) electrons. The van der Waals surface area contributed by atoms with E-state index in [9.17, 15) is 4.79 Å². The van der Waals surface area contributed by atoms with Gasteiger partial charge in [0, 0.05) is 50.6 Å². The van der Waals surface area contributed by atoms with Crippen LogP contribution in [0.2, 0.25) is 0 Å². The maximum absolute atomic E-state index is 12.0. The second-order valence-corrected chi connectivity index (χ2v) is 8.28. The van der Waals surface area contributed by atoms with Gasteiger partial charge in [-0.15, -0.1) is 0 Å². The normalized spacial score (nSPS) is 14.8. The fourth-order valence-corrected chi connectivity index (χ4v) is 4.47. The molecule has 0 unspecified atom stereocenters. The van der Waals surface area contributed by atoms with Crippen LogP contribution in [-0.2, 0) is 6.54 Å². The average molecular weight is 410 g/mol. The Hall–Kier alpha value is -3.37. The van der Waals surface area contributed by atoms with Gasteiger partial charge in [0.15, 0.2) is 5.43 Å². The van der Waals surface area contributed by atoms with Gasteiger partial charge in [0.2, 0.25) is 0 Å². The van der Waals surface area contributed by atoms with E-state index in [1.807, 2.05) is 18.3 Å². The lowest BCUT2D eigenvalue weighted by Gasteiger charge is -2.36. The predicted molar refractivity (Wildman–Crippen MR) is 128 cm³/mol. The standard InChI is InChI=1S/C27H27N3O/c1-21-7-5-6-10-23(21)20-28-15-17-29(18-16-28)27-19-25(22-8-3-2-4-9-22)26-12-11-24(31)13-14-30(26)27/h2-14,19H,15-18,20H2,1H3. The van der Waals surface area contributed by atoms with Crippen molar-refractivity contribution in [2.24, 2.45) is 0 Å². The maximum atomic E-state index is 12.0. The van der Waals surface area contributed by atoms with Gasteiger partial charge in [-0.3, -0.25) is 9.69 Å². The lowest BCUT2D eigenvalue weighted by atomic mass is 10.1. The van der Waals surface area contributed by atoms with E-state index < -0.39 is 0 Å². The molecule has 2 aromatic heterocycles. The first-order valence-electron chi connectivity index (χ1n) is 10.9. The van der Waals surface area contributed by atoms with E-state index >= 15 is 0 Å². The van der Waals surface area contributed by atoms with Gasteiger partial charge in [0.25, 0.3) is 0 Å². The van der Waals surface area contributed by atoms with Crippen LogP contribution in [0.25, 0.3) is 16.6 Å². The number of hydrogen-bond acceptors (Lipinski definition) is 3. The van der Waals surface area contributed by atoms with Crippen LogP contribution < -0.4 is 10.3 Å². The number of hydrogen-bond donors (Lipinski definition) is 0. The van der Waals surface area contributed by atoms with Crippen LogP contribution >= 0.6 is 0 Å². The second kappa shape index (κ2) is 8.40. The minimum atomic E-state index is 0.0247. The fourth-order valence-electron chi connectivity index (χ4n) is 4.47. The molecular weight excluding hydrogens is 382 g/mol. The highest BCUT2D eigenvalue weighted by Crippen LogP contribution is 2.32. The molecular formula is C27H27N3O. The van der Waals surface area contributed by atoms with E-state index in [1.165, 1.54) is 16.7 Å². The molecule has 1 fully saturated rings. The molecule has 0 saturated carbocycles. The lowest BCUT2D eigenvalue weighted by Crippen LogP contribution is -2.46. The Morgan fingerprint density at radius 1 is 0.806 bits per heavy atom. The Labute approximate surface area is 183 Å². The van der Waals surface area contributed by atoms with E-state index in [0.29, 0.717) is 0 Å². The Balaban J connectivity index is 1.44. The largest absolute Gasteiger partial charge is 0.355 e. The number of piperazine rings is 1. The molecule has 31 heavy (non-hydrogen) atoms. The highest BCUT2D eigenvalue weighted by Gasteiger charge is 2.21. The van der Waals surface area contributed by atoms with Gasteiger partial charge in [-0.25, -0.2) is 0 Å². The minimum Gasteiger partial charge on any atom is -0.355 e. The zero-order chi connectivity index (χ0) is 21.2. The molecule has 0 bridgehead atoms. The van der Waals surface area contributed by atoms with Crippen molar-refractivity contribution < 1.29 is 0 Å². The Bertz CT molecular complexity index is 1250. The van der Waals surface area contributed by atoms with E-state index in [2.05, 4.69) is 75.7 Å². The predicted octanol–water partition coefficient (Wildman–Crippen LogP) is 4.60. The molecule has 0 atom stereocenters. The molecule has 5 rings (SSSR count). The Morgan fingerprint density at radius 2 is 1.55 bits per heavy atom. The summed E-state index contributed by atoms with van der Waals surface area (Å²) in [6.07, 6.45) is 1.92. The van der Waals surface area contributed by atoms with Crippen molar-refractivity contribution in [2.45, 2.75) is 13.5 Å². The topological polar surface area (TPSA) is 28.0 Å². The van der Waals surface area contributed by atoms with Gasteiger partial charge < -0.3 is 9.30 Å². The minimum absolute atomic E-state index is 0.0247. The fraction of sp³-hybridized carbons (Fsp3) is 0.222. The quantitative estimate of drug-likeness (QED) is 0.493. The van der Waals surface area contributed by atoms with Gasteiger partial charge in [-0.2, -0.15) is 0 Å². The number of aromatic nitrogens is 1. The van der Waals surface area contributed by atoms with E-state index in [4.69, 9.17) is 0 Å². The van der Waals surface area contributed by atoms with Gasteiger partial charge in [0.05, 0.1) is 5.52 Å². The molecule has 1 aliphatic rings. The van der Waals surface area contributed by atoms with Crippen molar-refractivity contribution >= 4 is 11.3 Å². The monoisotopic (exact) mass is 409 g/mol. The molecule has 4 aromatic rings. The zero-order valence-corrected chi connectivity index (χ0v) is 17.9. The maximum Gasteiger partial charge on any atom is 0.180 e. The van der Waals surface area contributed by atoms with Crippen LogP contribution in [0.15, 0.2) is 89.9 Å². The molecule has 2 aromatic carbocycles. The third-order valence-corrected chi connectivity index (χ3v) is 6.29. The zero-order valence-electron chi connectivity index (χ0n) is 17.9. The number of aryl methyl sites for hydroxylation is 1. The molecule has 3 heterocycles. The molecule has 156 valence electrons.